The van der Waals surface area contributed by atoms with E-state index in [1.54, 1.807) is 69.5 Å². The summed E-state index contributed by atoms with van der Waals surface area (Å²) in [5.41, 5.74) is 1.59. The van der Waals surface area contributed by atoms with Crippen molar-refractivity contribution in [2.75, 3.05) is 20.8 Å². The number of allylic oxidation sites excluding steroid dienone is 1. The Morgan fingerprint density at radius 1 is 1.11 bits per heavy atom. The number of para-hydroxylation sites is 1. The first-order valence-electron chi connectivity index (χ1n) is 11.5. The maximum atomic E-state index is 13.8. The standard InChI is InChI=1S/C27H26N2O7S/c1-6-35-26(32)22-15(2)28-27-29(23(22)17-10-12-19(33-4)13-11-17)25(31)21(37-27)14-18-8-7-9-20(34-5)24(18)36-16(3)30/h7-14,23H,6H2,1-5H3. The Balaban J connectivity index is 1.95. The highest BCUT2D eigenvalue weighted by Gasteiger charge is 2.33. The molecule has 0 fully saturated rings. The molecule has 9 nitrogen and oxygen atoms in total. The lowest BCUT2D eigenvalue weighted by Gasteiger charge is -2.24. The van der Waals surface area contributed by atoms with Crippen LogP contribution < -0.4 is 29.1 Å². The van der Waals surface area contributed by atoms with Gasteiger partial charge in [-0.25, -0.2) is 9.79 Å². The van der Waals surface area contributed by atoms with E-state index in [1.807, 2.05) is 0 Å². The number of carbonyl (C=O) groups is 2. The van der Waals surface area contributed by atoms with E-state index in [2.05, 4.69) is 4.99 Å². The number of aromatic nitrogens is 1. The van der Waals surface area contributed by atoms with Crippen molar-refractivity contribution in [1.82, 2.24) is 4.57 Å². The van der Waals surface area contributed by atoms with Crippen LogP contribution in [-0.2, 0) is 14.3 Å². The van der Waals surface area contributed by atoms with Crippen LogP contribution in [0.15, 0.2) is 63.5 Å². The highest BCUT2D eigenvalue weighted by molar-refractivity contribution is 7.07. The van der Waals surface area contributed by atoms with Crippen LogP contribution in [0.2, 0.25) is 0 Å². The number of thiazole rings is 1. The van der Waals surface area contributed by atoms with E-state index in [1.165, 1.54) is 29.9 Å². The van der Waals surface area contributed by atoms with Gasteiger partial charge in [-0.15, -0.1) is 0 Å². The number of hydrogen-bond acceptors (Lipinski definition) is 9. The number of benzene rings is 2. The van der Waals surface area contributed by atoms with Crippen LogP contribution in [0.5, 0.6) is 17.2 Å². The zero-order valence-corrected chi connectivity index (χ0v) is 21.9. The summed E-state index contributed by atoms with van der Waals surface area (Å²) in [6.45, 7) is 4.92. The average molecular weight is 523 g/mol. The van der Waals surface area contributed by atoms with E-state index in [4.69, 9.17) is 18.9 Å². The molecule has 2 aromatic carbocycles. The molecule has 0 saturated heterocycles. The van der Waals surface area contributed by atoms with Crippen molar-refractivity contribution in [3.05, 3.63) is 84.5 Å². The largest absolute Gasteiger partial charge is 0.497 e. The highest BCUT2D eigenvalue weighted by atomic mass is 32.1. The Kier molecular flexibility index (Phi) is 7.58. The Bertz CT molecular complexity index is 1570. The molecular formula is C27H26N2O7S. The minimum absolute atomic E-state index is 0.185. The Morgan fingerprint density at radius 2 is 1.84 bits per heavy atom. The van der Waals surface area contributed by atoms with Gasteiger partial charge in [0.05, 0.1) is 42.7 Å². The van der Waals surface area contributed by atoms with E-state index in [0.29, 0.717) is 37.7 Å². The van der Waals surface area contributed by atoms with E-state index in [-0.39, 0.29) is 23.5 Å². The molecule has 3 aromatic rings. The second-order valence-electron chi connectivity index (χ2n) is 8.05. The fraction of sp³-hybridized carbons (Fsp3) is 0.259. The number of ether oxygens (including phenoxy) is 4. The van der Waals surface area contributed by atoms with Crippen molar-refractivity contribution in [3.63, 3.8) is 0 Å². The molecule has 1 aliphatic heterocycles. The normalized spacial score (nSPS) is 15.1. The van der Waals surface area contributed by atoms with Gasteiger partial charge in [0.1, 0.15) is 5.75 Å². The smallest absolute Gasteiger partial charge is 0.338 e. The number of methoxy groups -OCH3 is 2. The molecule has 0 N–H and O–H groups in total. The lowest BCUT2D eigenvalue weighted by atomic mass is 9.96. The summed E-state index contributed by atoms with van der Waals surface area (Å²) in [5.74, 6) is 0.149. The van der Waals surface area contributed by atoms with E-state index in [0.717, 1.165) is 0 Å². The third-order valence-corrected chi connectivity index (χ3v) is 6.69. The van der Waals surface area contributed by atoms with Crippen LogP contribution in [0.4, 0.5) is 0 Å². The molecule has 2 heterocycles. The molecule has 0 spiro atoms. The van der Waals surface area contributed by atoms with Gasteiger partial charge in [0.15, 0.2) is 16.3 Å². The number of esters is 2. The predicted molar refractivity (Wildman–Crippen MR) is 138 cm³/mol. The number of rotatable bonds is 7. The number of hydrogen-bond donors (Lipinski definition) is 0. The fourth-order valence-electron chi connectivity index (χ4n) is 4.09. The fourth-order valence-corrected chi connectivity index (χ4v) is 5.13. The first-order valence-corrected chi connectivity index (χ1v) is 12.3. The van der Waals surface area contributed by atoms with Gasteiger partial charge < -0.3 is 18.9 Å². The molecule has 192 valence electrons. The molecular weight excluding hydrogens is 496 g/mol. The topological polar surface area (TPSA) is 105 Å². The van der Waals surface area contributed by atoms with Gasteiger partial charge in [0.25, 0.3) is 5.56 Å². The van der Waals surface area contributed by atoms with Crippen LogP contribution in [0, 0.1) is 0 Å². The zero-order chi connectivity index (χ0) is 26.7. The maximum absolute atomic E-state index is 13.8. The van der Waals surface area contributed by atoms with Gasteiger partial charge in [-0.1, -0.05) is 35.6 Å². The van der Waals surface area contributed by atoms with Gasteiger partial charge in [0, 0.05) is 12.5 Å². The van der Waals surface area contributed by atoms with Crippen molar-refractivity contribution >= 4 is 29.4 Å². The van der Waals surface area contributed by atoms with E-state index >= 15 is 0 Å². The predicted octanol–water partition coefficient (Wildman–Crippen LogP) is 2.74. The van der Waals surface area contributed by atoms with Gasteiger partial charge in [-0.3, -0.25) is 14.2 Å². The number of nitrogens with zero attached hydrogens (tertiary/aromatic N) is 2. The molecule has 1 aliphatic rings. The summed E-state index contributed by atoms with van der Waals surface area (Å²) in [7, 11) is 3.03. The zero-order valence-electron chi connectivity index (χ0n) is 21.1. The van der Waals surface area contributed by atoms with Crippen LogP contribution >= 0.6 is 11.3 Å². The summed E-state index contributed by atoms with van der Waals surface area (Å²) in [4.78, 5) is 43.5. The van der Waals surface area contributed by atoms with Crippen molar-refractivity contribution in [1.29, 1.82) is 0 Å². The first kappa shape index (κ1) is 25.9. The molecule has 1 unspecified atom stereocenters. The second kappa shape index (κ2) is 10.8. The van der Waals surface area contributed by atoms with E-state index in [9.17, 15) is 14.4 Å². The molecule has 0 bridgehead atoms. The van der Waals surface area contributed by atoms with Gasteiger partial charge in [0.2, 0.25) is 0 Å². The van der Waals surface area contributed by atoms with Gasteiger partial charge in [-0.05, 0) is 43.7 Å². The van der Waals surface area contributed by atoms with Crippen molar-refractivity contribution < 1.29 is 28.5 Å². The lowest BCUT2D eigenvalue weighted by molar-refractivity contribution is -0.139. The highest BCUT2D eigenvalue weighted by Crippen LogP contribution is 2.33. The molecule has 0 saturated carbocycles. The third kappa shape index (κ3) is 5.05. The summed E-state index contributed by atoms with van der Waals surface area (Å²) in [6.07, 6.45) is 1.62. The van der Waals surface area contributed by atoms with Crippen LogP contribution in [0.25, 0.3) is 6.08 Å². The Morgan fingerprint density at radius 3 is 2.46 bits per heavy atom. The molecule has 10 heteroatoms. The molecule has 1 aromatic heterocycles. The second-order valence-corrected chi connectivity index (χ2v) is 9.06. The average Bonchev–Trinajstić information content (AvgIpc) is 3.18. The van der Waals surface area contributed by atoms with E-state index < -0.39 is 18.0 Å². The van der Waals surface area contributed by atoms with Crippen LogP contribution in [0.3, 0.4) is 0 Å². The SMILES string of the molecule is CCOC(=O)C1=C(C)N=c2sc(=Cc3cccc(OC)c3OC(C)=O)c(=O)n2C1c1ccc(OC)cc1. The number of fused-ring (bicyclic) bond motifs is 1. The minimum atomic E-state index is -0.749. The molecule has 0 radical (unpaired) electrons. The molecule has 37 heavy (non-hydrogen) atoms. The molecule has 4 rings (SSSR count). The summed E-state index contributed by atoms with van der Waals surface area (Å²) in [5, 5.41) is 0. The van der Waals surface area contributed by atoms with Crippen LogP contribution in [-0.4, -0.2) is 37.3 Å². The quantitative estimate of drug-likeness (QED) is 0.347. The summed E-state index contributed by atoms with van der Waals surface area (Å²) in [6, 6.07) is 11.5. The Labute approximate surface area is 216 Å². The van der Waals surface area contributed by atoms with Gasteiger partial charge >= 0.3 is 11.9 Å². The molecule has 0 aliphatic carbocycles. The first-order chi connectivity index (χ1) is 17.8. The molecule has 1 atom stereocenters. The van der Waals surface area contributed by atoms with Crippen molar-refractivity contribution in [2.45, 2.75) is 26.8 Å². The van der Waals surface area contributed by atoms with Crippen molar-refractivity contribution in [2.24, 2.45) is 4.99 Å². The van der Waals surface area contributed by atoms with Crippen LogP contribution in [0.1, 0.15) is 37.9 Å². The maximum Gasteiger partial charge on any atom is 0.338 e. The molecule has 0 amide bonds. The Hall–Kier alpha value is -4.18. The lowest BCUT2D eigenvalue weighted by Crippen LogP contribution is -2.39. The summed E-state index contributed by atoms with van der Waals surface area (Å²) >= 11 is 1.17. The van der Waals surface area contributed by atoms with Crippen molar-refractivity contribution in [3.8, 4) is 17.2 Å². The minimum Gasteiger partial charge on any atom is -0.497 e. The number of carbonyl (C=O) groups excluding carboxylic acids is 2. The monoisotopic (exact) mass is 522 g/mol. The summed E-state index contributed by atoms with van der Waals surface area (Å²) < 4.78 is 23.2. The third-order valence-electron chi connectivity index (χ3n) is 5.71. The van der Waals surface area contributed by atoms with Gasteiger partial charge in [-0.2, -0.15) is 0 Å².